The number of carbonyl (C=O) groups is 1. The second kappa shape index (κ2) is 5.01. The number of amides is 1. The molecule has 1 aliphatic rings. The minimum absolute atomic E-state index is 0.123. The molecule has 0 atom stereocenters. The lowest BCUT2D eigenvalue weighted by molar-refractivity contribution is -0.114. The SMILES string of the molecule is CC1=NN(c2ccccc2)C(=O)C1=Cc1cc(C)n(C)n1. The molecule has 0 saturated heterocycles. The van der Waals surface area contributed by atoms with Crippen LogP contribution in [0.15, 0.2) is 47.1 Å². The Morgan fingerprint density at radius 2 is 1.86 bits per heavy atom. The molecule has 1 aliphatic heterocycles. The lowest BCUT2D eigenvalue weighted by atomic mass is 10.1. The Labute approximate surface area is 123 Å². The number of anilines is 1. The summed E-state index contributed by atoms with van der Waals surface area (Å²) in [5.74, 6) is -0.123. The standard InChI is InChI=1S/C16H16N4O/c1-11-9-13(18-19(11)3)10-15-12(2)17-20(16(15)21)14-7-5-4-6-8-14/h4-10H,1-3H3. The summed E-state index contributed by atoms with van der Waals surface area (Å²) < 4.78 is 1.78. The fourth-order valence-corrected chi connectivity index (χ4v) is 2.24. The van der Waals surface area contributed by atoms with Crippen LogP contribution in [0.25, 0.3) is 6.08 Å². The van der Waals surface area contributed by atoms with E-state index < -0.39 is 0 Å². The highest BCUT2D eigenvalue weighted by Gasteiger charge is 2.28. The van der Waals surface area contributed by atoms with Gasteiger partial charge in [0.05, 0.1) is 22.7 Å². The van der Waals surface area contributed by atoms with Crippen LogP contribution in [-0.2, 0) is 11.8 Å². The number of benzene rings is 1. The normalized spacial score (nSPS) is 16.7. The summed E-state index contributed by atoms with van der Waals surface area (Å²) in [6.45, 7) is 3.81. The van der Waals surface area contributed by atoms with E-state index in [9.17, 15) is 4.79 Å². The second-order valence-corrected chi connectivity index (χ2v) is 5.03. The molecule has 0 saturated carbocycles. The zero-order valence-corrected chi connectivity index (χ0v) is 12.2. The summed E-state index contributed by atoms with van der Waals surface area (Å²) in [6, 6.07) is 11.4. The van der Waals surface area contributed by atoms with E-state index in [4.69, 9.17) is 0 Å². The Kier molecular flexibility index (Phi) is 3.17. The molecular formula is C16H16N4O. The lowest BCUT2D eigenvalue weighted by Crippen LogP contribution is -2.21. The Hall–Kier alpha value is -2.69. The van der Waals surface area contributed by atoms with Gasteiger partial charge in [0.2, 0.25) is 0 Å². The Balaban J connectivity index is 1.96. The molecule has 21 heavy (non-hydrogen) atoms. The van der Waals surface area contributed by atoms with Crippen molar-refractivity contribution in [3.8, 4) is 0 Å². The van der Waals surface area contributed by atoms with Crippen LogP contribution >= 0.6 is 0 Å². The maximum Gasteiger partial charge on any atom is 0.280 e. The van der Waals surface area contributed by atoms with E-state index in [2.05, 4.69) is 10.2 Å². The predicted octanol–water partition coefficient (Wildman–Crippen LogP) is 2.53. The van der Waals surface area contributed by atoms with Gasteiger partial charge < -0.3 is 0 Å². The highest BCUT2D eigenvalue weighted by atomic mass is 16.2. The average Bonchev–Trinajstić information content (AvgIpc) is 2.94. The van der Waals surface area contributed by atoms with E-state index in [1.54, 1.807) is 10.8 Å². The molecule has 0 bridgehead atoms. The third-order valence-electron chi connectivity index (χ3n) is 3.49. The number of aryl methyl sites for hydroxylation is 2. The topological polar surface area (TPSA) is 50.5 Å². The Bertz CT molecular complexity index is 736. The van der Waals surface area contributed by atoms with Crippen LogP contribution in [0.3, 0.4) is 0 Å². The number of aromatic nitrogens is 2. The molecule has 0 aliphatic carbocycles. The maximum atomic E-state index is 12.5. The van der Waals surface area contributed by atoms with Gasteiger partial charge in [0, 0.05) is 12.7 Å². The van der Waals surface area contributed by atoms with Crippen molar-refractivity contribution in [2.75, 3.05) is 5.01 Å². The number of hydrogen-bond acceptors (Lipinski definition) is 3. The minimum Gasteiger partial charge on any atom is -0.272 e. The van der Waals surface area contributed by atoms with Crippen LogP contribution in [0.5, 0.6) is 0 Å². The van der Waals surface area contributed by atoms with Gasteiger partial charge in [-0.2, -0.15) is 15.2 Å². The van der Waals surface area contributed by atoms with Gasteiger partial charge in [0.1, 0.15) is 0 Å². The van der Waals surface area contributed by atoms with E-state index >= 15 is 0 Å². The van der Waals surface area contributed by atoms with Gasteiger partial charge >= 0.3 is 0 Å². The highest BCUT2D eigenvalue weighted by Crippen LogP contribution is 2.24. The Morgan fingerprint density at radius 1 is 1.14 bits per heavy atom. The molecule has 2 aromatic rings. The van der Waals surface area contributed by atoms with Crippen LogP contribution in [0.2, 0.25) is 0 Å². The number of hydrogen-bond donors (Lipinski definition) is 0. The maximum absolute atomic E-state index is 12.5. The van der Waals surface area contributed by atoms with Crippen molar-refractivity contribution in [3.63, 3.8) is 0 Å². The number of rotatable bonds is 2. The zero-order valence-electron chi connectivity index (χ0n) is 12.2. The fraction of sp³-hybridized carbons (Fsp3) is 0.188. The van der Waals surface area contributed by atoms with E-state index in [1.165, 1.54) is 5.01 Å². The molecule has 1 amide bonds. The Morgan fingerprint density at radius 3 is 2.48 bits per heavy atom. The molecule has 2 heterocycles. The molecule has 0 unspecified atom stereocenters. The smallest absolute Gasteiger partial charge is 0.272 e. The summed E-state index contributed by atoms with van der Waals surface area (Å²) in [4.78, 5) is 12.5. The monoisotopic (exact) mass is 280 g/mol. The van der Waals surface area contributed by atoms with Gasteiger partial charge in [0.15, 0.2) is 0 Å². The molecule has 1 aromatic carbocycles. The number of carbonyl (C=O) groups excluding carboxylic acids is 1. The second-order valence-electron chi connectivity index (χ2n) is 5.03. The fourth-order valence-electron chi connectivity index (χ4n) is 2.24. The number of hydrazone groups is 1. The first kappa shape index (κ1) is 13.3. The quantitative estimate of drug-likeness (QED) is 0.794. The van der Waals surface area contributed by atoms with Crippen LogP contribution in [0, 0.1) is 6.92 Å². The molecule has 5 nitrogen and oxygen atoms in total. The van der Waals surface area contributed by atoms with Crippen LogP contribution in [-0.4, -0.2) is 21.4 Å². The summed E-state index contributed by atoms with van der Waals surface area (Å²) >= 11 is 0. The summed E-state index contributed by atoms with van der Waals surface area (Å²) in [6.07, 6.45) is 1.79. The van der Waals surface area contributed by atoms with Gasteiger partial charge in [-0.25, -0.2) is 0 Å². The minimum atomic E-state index is -0.123. The van der Waals surface area contributed by atoms with E-state index in [1.807, 2.05) is 57.3 Å². The van der Waals surface area contributed by atoms with Crippen LogP contribution < -0.4 is 5.01 Å². The van der Waals surface area contributed by atoms with Crippen LogP contribution in [0.1, 0.15) is 18.3 Å². The van der Waals surface area contributed by atoms with Crippen molar-refractivity contribution in [2.24, 2.45) is 12.1 Å². The largest absolute Gasteiger partial charge is 0.280 e. The van der Waals surface area contributed by atoms with Crippen molar-refractivity contribution >= 4 is 23.4 Å². The zero-order chi connectivity index (χ0) is 15.0. The van der Waals surface area contributed by atoms with Crippen molar-refractivity contribution in [1.29, 1.82) is 0 Å². The highest BCUT2D eigenvalue weighted by molar-refractivity contribution is 6.32. The van der Waals surface area contributed by atoms with Crippen molar-refractivity contribution in [3.05, 3.63) is 53.4 Å². The van der Waals surface area contributed by atoms with Gasteiger partial charge in [0.25, 0.3) is 5.91 Å². The molecule has 0 fully saturated rings. The van der Waals surface area contributed by atoms with Gasteiger partial charge in [-0.05, 0) is 38.1 Å². The molecular weight excluding hydrogens is 264 g/mol. The van der Waals surface area contributed by atoms with Gasteiger partial charge in [-0.15, -0.1) is 0 Å². The van der Waals surface area contributed by atoms with Gasteiger partial charge in [-0.1, -0.05) is 18.2 Å². The first-order valence-corrected chi connectivity index (χ1v) is 6.73. The molecule has 3 rings (SSSR count). The molecule has 1 aromatic heterocycles. The van der Waals surface area contributed by atoms with Crippen LogP contribution in [0.4, 0.5) is 5.69 Å². The predicted molar refractivity (Wildman–Crippen MR) is 83.0 cm³/mol. The molecule has 0 spiro atoms. The average molecular weight is 280 g/mol. The summed E-state index contributed by atoms with van der Waals surface area (Å²) in [7, 11) is 1.88. The molecule has 5 heteroatoms. The molecule has 0 N–H and O–H groups in total. The summed E-state index contributed by atoms with van der Waals surface area (Å²) in [5.41, 5.74) is 3.86. The van der Waals surface area contributed by atoms with E-state index in [0.717, 1.165) is 17.1 Å². The first-order chi connectivity index (χ1) is 10.1. The van der Waals surface area contributed by atoms with Gasteiger partial charge in [-0.3, -0.25) is 9.48 Å². The number of nitrogens with zero attached hydrogens (tertiary/aromatic N) is 4. The third kappa shape index (κ3) is 2.38. The van der Waals surface area contributed by atoms with E-state index in [0.29, 0.717) is 11.3 Å². The third-order valence-corrected chi connectivity index (χ3v) is 3.49. The molecule has 106 valence electrons. The lowest BCUT2D eigenvalue weighted by Gasteiger charge is -2.10. The van der Waals surface area contributed by atoms with Crippen molar-refractivity contribution < 1.29 is 4.79 Å². The van der Waals surface area contributed by atoms with Crippen molar-refractivity contribution in [1.82, 2.24) is 9.78 Å². The number of para-hydroxylation sites is 1. The van der Waals surface area contributed by atoms with Crippen molar-refractivity contribution in [2.45, 2.75) is 13.8 Å². The first-order valence-electron chi connectivity index (χ1n) is 6.73. The summed E-state index contributed by atoms with van der Waals surface area (Å²) in [5, 5.41) is 10.1. The molecule has 0 radical (unpaired) electrons. The van der Waals surface area contributed by atoms with E-state index in [-0.39, 0.29) is 5.91 Å².